The second-order valence-electron chi connectivity index (χ2n) is 2.64. The minimum atomic E-state index is 0. The Hall–Kier alpha value is -1.36. The molecule has 0 fully saturated rings. The molecule has 2 rings (SSSR count). The number of nitrogens with one attached hydrogen (secondary N) is 1. The van der Waals surface area contributed by atoms with Gasteiger partial charge in [-0.1, -0.05) is 0 Å². The summed E-state index contributed by atoms with van der Waals surface area (Å²) >= 11 is 0. The van der Waals surface area contributed by atoms with Crippen molar-refractivity contribution in [3.63, 3.8) is 0 Å². The van der Waals surface area contributed by atoms with Crippen molar-refractivity contribution in [1.29, 1.82) is 0 Å². The highest BCUT2D eigenvalue weighted by atomic mass is 35.5. The van der Waals surface area contributed by atoms with E-state index < -0.39 is 0 Å². The Labute approximate surface area is 81.3 Å². The van der Waals surface area contributed by atoms with Gasteiger partial charge in [-0.25, -0.2) is 9.62 Å². The second-order valence-corrected chi connectivity index (χ2v) is 2.64. The smallest absolute Gasteiger partial charge is 0.241 e. The number of allylic oxidation sites excluding steroid dienone is 2. The summed E-state index contributed by atoms with van der Waals surface area (Å²) < 4.78 is 4.52. The number of aliphatic imine (C=N–C) groups is 1. The van der Waals surface area contributed by atoms with E-state index in [1.54, 1.807) is 0 Å². The van der Waals surface area contributed by atoms with Crippen LogP contribution in [0.4, 0.5) is 11.6 Å². The van der Waals surface area contributed by atoms with Gasteiger partial charge in [-0.2, -0.15) is 0 Å². The zero-order valence-corrected chi connectivity index (χ0v) is 8.05. The number of halogens is 1. The highest BCUT2D eigenvalue weighted by Gasteiger charge is 2.11. The molecule has 1 aromatic rings. The first-order valence-corrected chi connectivity index (χ1v) is 3.59. The number of fused-ring (bicyclic) bond motifs is 1. The van der Waals surface area contributed by atoms with Crippen molar-refractivity contribution in [2.75, 3.05) is 5.32 Å². The summed E-state index contributed by atoms with van der Waals surface area (Å²) in [6.07, 6.45) is 1.92. The standard InChI is InChI=1S/C7H8N4O.ClH/c1-4-3-5(2)9-7-6(8-4)10-12-11-7;/h3H,1-2H3,(H,8,10);1H. The quantitative estimate of drug-likeness (QED) is 0.695. The van der Waals surface area contributed by atoms with Crippen molar-refractivity contribution >= 4 is 29.8 Å². The maximum absolute atomic E-state index is 4.52. The molecule has 0 aromatic carbocycles. The van der Waals surface area contributed by atoms with Crippen LogP contribution in [0.2, 0.25) is 0 Å². The molecule has 1 N–H and O–H groups in total. The molecule has 70 valence electrons. The molecular weight excluding hydrogens is 192 g/mol. The average Bonchev–Trinajstić information content (AvgIpc) is 2.31. The van der Waals surface area contributed by atoms with Crippen LogP contribution in [0.25, 0.3) is 0 Å². The van der Waals surface area contributed by atoms with Crippen LogP contribution in [-0.4, -0.2) is 16.0 Å². The molecule has 0 amide bonds. The maximum atomic E-state index is 4.52. The Bertz CT molecular complexity index is 368. The predicted molar refractivity (Wildman–Crippen MR) is 51.7 cm³/mol. The molecule has 6 heteroatoms. The van der Waals surface area contributed by atoms with E-state index in [0.29, 0.717) is 11.6 Å². The van der Waals surface area contributed by atoms with Crippen LogP contribution in [0.3, 0.4) is 0 Å². The Morgan fingerprint density at radius 2 is 2.08 bits per heavy atom. The van der Waals surface area contributed by atoms with Gasteiger partial charge < -0.3 is 5.32 Å². The lowest BCUT2D eigenvalue weighted by atomic mass is 10.3. The van der Waals surface area contributed by atoms with Crippen LogP contribution >= 0.6 is 12.4 Å². The predicted octanol–water partition coefficient (Wildman–Crippen LogP) is 1.91. The minimum absolute atomic E-state index is 0. The summed E-state index contributed by atoms with van der Waals surface area (Å²) in [6, 6.07) is 0. The molecule has 13 heavy (non-hydrogen) atoms. The van der Waals surface area contributed by atoms with E-state index in [0.717, 1.165) is 11.4 Å². The number of hydrogen-bond acceptors (Lipinski definition) is 5. The highest BCUT2D eigenvalue weighted by Crippen LogP contribution is 2.23. The van der Waals surface area contributed by atoms with Crippen LogP contribution in [0.5, 0.6) is 0 Å². The molecule has 0 unspecified atom stereocenters. The fourth-order valence-electron chi connectivity index (χ4n) is 1.07. The largest absolute Gasteiger partial charge is 0.338 e. The lowest BCUT2D eigenvalue weighted by Crippen LogP contribution is -1.95. The van der Waals surface area contributed by atoms with Gasteiger partial charge in [0, 0.05) is 11.4 Å². The monoisotopic (exact) mass is 200 g/mol. The van der Waals surface area contributed by atoms with Crippen molar-refractivity contribution in [3.8, 4) is 0 Å². The molecule has 1 aliphatic heterocycles. The molecule has 0 aliphatic carbocycles. The molecule has 0 saturated carbocycles. The van der Waals surface area contributed by atoms with Crippen molar-refractivity contribution < 1.29 is 4.63 Å². The molecule has 1 aromatic heterocycles. The van der Waals surface area contributed by atoms with Crippen LogP contribution in [0.15, 0.2) is 21.4 Å². The van der Waals surface area contributed by atoms with Gasteiger partial charge >= 0.3 is 0 Å². The molecular formula is C7H9ClN4O. The molecule has 0 saturated heterocycles. The van der Waals surface area contributed by atoms with Gasteiger partial charge in [0.05, 0.1) is 0 Å². The summed E-state index contributed by atoms with van der Waals surface area (Å²) in [6.45, 7) is 3.83. The van der Waals surface area contributed by atoms with E-state index in [1.807, 2.05) is 19.9 Å². The first kappa shape index (κ1) is 9.73. The molecule has 1 aliphatic rings. The second kappa shape index (κ2) is 3.57. The zero-order valence-electron chi connectivity index (χ0n) is 7.24. The van der Waals surface area contributed by atoms with E-state index in [-0.39, 0.29) is 12.4 Å². The highest BCUT2D eigenvalue weighted by molar-refractivity contribution is 5.97. The lowest BCUT2D eigenvalue weighted by Gasteiger charge is -1.96. The van der Waals surface area contributed by atoms with Gasteiger partial charge in [-0.15, -0.1) is 12.4 Å². The first-order valence-electron chi connectivity index (χ1n) is 3.59. The Morgan fingerprint density at radius 1 is 1.31 bits per heavy atom. The van der Waals surface area contributed by atoms with Crippen LogP contribution in [0, 0.1) is 0 Å². The van der Waals surface area contributed by atoms with Crippen LogP contribution in [0.1, 0.15) is 13.8 Å². The van der Waals surface area contributed by atoms with E-state index in [1.165, 1.54) is 0 Å². The van der Waals surface area contributed by atoms with Crippen molar-refractivity contribution in [2.24, 2.45) is 4.99 Å². The van der Waals surface area contributed by atoms with Gasteiger partial charge in [0.15, 0.2) is 0 Å². The minimum Gasteiger partial charge on any atom is -0.338 e. The van der Waals surface area contributed by atoms with E-state index in [4.69, 9.17) is 0 Å². The Morgan fingerprint density at radius 3 is 2.85 bits per heavy atom. The molecule has 2 heterocycles. The number of nitrogens with zero attached hydrogens (tertiary/aromatic N) is 3. The zero-order chi connectivity index (χ0) is 8.55. The van der Waals surface area contributed by atoms with Gasteiger partial charge in [0.2, 0.25) is 11.6 Å². The third-order valence-corrected chi connectivity index (χ3v) is 1.49. The normalized spacial score (nSPS) is 14.3. The van der Waals surface area contributed by atoms with Gasteiger partial charge in [-0.05, 0) is 30.2 Å². The third kappa shape index (κ3) is 1.86. The van der Waals surface area contributed by atoms with Crippen LogP contribution in [-0.2, 0) is 0 Å². The summed E-state index contributed by atoms with van der Waals surface area (Å²) in [5.74, 6) is 1.07. The Kier molecular flexibility index (Phi) is 2.67. The topological polar surface area (TPSA) is 63.3 Å². The molecule has 0 bridgehead atoms. The van der Waals surface area contributed by atoms with Crippen molar-refractivity contribution in [3.05, 3.63) is 11.8 Å². The molecule has 0 atom stereocenters. The SMILES string of the molecule is CC1=CC(C)=Nc2nonc2N1.Cl. The number of aromatic nitrogens is 2. The van der Waals surface area contributed by atoms with Gasteiger partial charge in [-0.3, -0.25) is 0 Å². The van der Waals surface area contributed by atoms with Crippen LogP contribution < -0.4 is 5.32 Å². The first-order chi connectivity index (χ1) is 5.75. The fraction of sp³-hybridized carbons (Fsp3) is 0.286. The maximum Gasteiger partial charge on any atom is 0.241 e. The Balaban J connectivity index is 0.000000845. The number of rotatable bonds is 0. The summed E-state index contributed by atoms with van der Waals surface area (Å²) in [5, 5.41) is 10.3. The van der Waals surface area contributed by atoms with Crippen molar-refractivity contribution in [1.82, 2.24) is 10.3 Å². The number of hydrogen-bond donors (Lipinski definition) is 1. The van der Waals surface area contributed by atoms with Gasteiger partial charge in [0.25, 0.3) is 0 Å². The fourth-order valence-corrected chi connectivity index (χ4v) is 1.07. The number of anilines is 1. The van der Waals surface area contributed by atoms with Gasteiger partial charge in [0.1, 0.15) is 0 Å². The van der Waals surface area contributed by atoms with E-state index in [9.17, 15) is 0 Å². The summed E-state index contributed by atoms with van der Waals surface area (Å²) in [4.78, 5) is 4.16. The van der Waals surface area contributed by atoms with E-state index in [2.05, 4.69) is 25.3 Å². The lowest BCUT2D eigenvalue weighted by molar-refractivity contribution is 0.310. The van der Waals surface area contributed by atoms with Crippen molar-refractivity contribution in [2.45, 2.75) is 13.8 Å². The summed E-state index contributed by atoms with van der Waals surface area (Å²) in [5.41, 5.74) is 1.86. The summed E-state index contributed by atoms with van der Waals surface area (Å²) in [7, 11) is 0. The van der Waals surface area contributed by atoms with E-state index >= 15 is 0 Å². The molecule has 5 nitrogen and oxygen atoms in total. The molecule has 0 radical (unpaired) electrons. The third-order valence-electron chi connectivity index (χ3n) is 1.49. The average molecular weight is 201 g/mol. The molecule has 0 spiro atoms.